The highest BCUT2D eigenvalue weighted by atomic mass is 16.5. The topological polar surface area (TPSA) is 55.8 Å². The Kier molecular flexibility index (Phi) is 4.89. The number of carbonyl (C=O) groups is 1. The minimum Gasteiger partial charge on any atom is -0.493 e. The third kappa shape index (κ3) is 3.72. The molecule has 0 atom stereocenters. The van der Waals surface area contributed by atoms with E-state index in [0.29, 0.717) is 24.5 Å². The second-order valence-corrected chi connectivity index (χ2v) is 3.33. The van der Waals surface area contributed by atoms with E-state index in [1.54, 1.807) is 6.07 Å². The van der Waals surface area contributed by atoms with Gasteiger partial charge in [0.15, 0.2) is 11.5 Å². The van der Waals surface area contributed by atoms with Crippen molar-refractivity contribution in [3.63, 3.8) is 0 Å². The van der Waals surface area contributed by atoms with Crippen LogP contribution in [0.2, 0.25) is 0 Å². The van der Waals surface area contributed by atoms with Gasteiger partial charge in [0.05, 0.1) is 19.3 Å². The van der Waals surface area contributed by atoms with Crippen LogP contribution in [0.15, 0.2) is 18.2 Å². The number of benzene rings is 1. The molecule has 1 rings (SSSR count). The van der Waals surface area contributed by atoms with E-state index in [9.17, 15) is 4.79 Å². The van der Waals surface area contributed by atoms with E-state index in [4.69, 9.17) is 21.0 Å². The number of aromatic carboxylic acids is 1. The fourth-order valence-corrected chi connectivity index (χ4v) is 1.28. The molecule has 1 aromatic carbocycles. The van der Waals surface area contributed by atoms with Gasteiger partial charge in [-0.05, 0) is 24.6 Å². The lowest BCUT2D eigenvalue weighted by Crippen LogP contribution is -2.01. The summed E-state index contributed by atoms with van der Waals surface area (Å²) < 4.78 is 10.5. The summed E-state index contributed by atoms with van der Waals surface area (Å²) in [5, 5.41) is 8.82. The van der Waals surface area contributed by atoms with Gasteiger partial charge >= 0.3 is 5.97 Å². The van der Waals surface area contributed by atoms with Crippen molar-refractivity contribution >= 4 is 5.97 Å². The molecular weight excluding hydrogens is 220 g/mol. The molecule has 4 heteroatoms. The molecule has 0 spiro atoms. The maximum absolute atomic E-state index is 10.8. The Bertz CT molecular complexity index is 432. The number of terminal acetylenes is 1. The SMILES string of the molecule is C#CCCCOc1ccc(C(=O)O)cc1OC. The quantitative estimate of drug-likeness (QED) is 0.605. The second-order valence-electron chi connectivity index (χ2n) is 3.33. The van der Waals surface area contributed by atoms with E-state index in [0.717, 1.165) is 6.42 Å². The van der Waals surface area contributed by atoms with Crippen molar-refractivity contribution in [1.82, 2.24) is 0 Å². The van der Waals surface area contributed by atoms with Gasteiger partial charge in [-0.15, -0.1) is 12.3 Å². The number of carboxylic acid groups (broad SMARTS) is 1. The first-order valence-electron chi connectivity index (χ1n) is 5.16. The summed E-state index contributed by atoms with van der Waals surface area (Å²) in [5.74, 6) is 2.45. The zero-order chi connectivity index (χ0) is 12.7. The number of carboxylic acids is 1. The molecule has 90 valence electrons. The highest BCUT2D eigenvalue weighted by molar-refractivity contribution is 5.88. The van der Waals surface area contributed by atoms with E-state index in [1.807, 2.05) is 0 Å². The van der Waals surface area contributed by atoms with E-state index in [-0.39, 0.29) is 5.56 Å². The first-order chi connectivity index (χ1) is 8.19. The lowest BCUT2D eigenvalue weighted by Gasteiger charge is -2.10. The Morgan fingerprint density at radius 3 is 2.82 bits per heavy atom. The van der Waals surface area contributed by atoms with Gasteiger partial charge in [-0.2, -0.15) is 0 Å². The van der Waals surface area contributed by atoms with Gasteiger partial charge in [0.2, 0.25) is 0 Å². The molecule has 0 saturated carbocycles. The zero-order valence-corrected chi connectivity index (χ0v) is 9.60. The Labute approximate surface area is 100 Å². The summed E-state index contributed by atoms with van der Waals surface area (Å²) in [5.41, 5.74) is 0.165. The van der Waals surface area contributed by atoms with Gasteiger partial charge in [-0.25, -0.2) is 4.79 Å². The van der Waals surface area contributed by atoms with Crippen LogP contribution in [0.25, 0.3) is 0 Å². The predicted molar refractivity (Wildman–Crippen MR) is 63.5 cm³/mol. The zero-order valence-electron chi connectivity index (χ0n) is 9.60. The van der Waals surface area contributed by atoms with Gasteiger partial charge < -0.3 is 14.6 Å². The largest absolute Gasteiger partial charge is 0.493 e. The molecule has 0 fully saturated rings. The van der Waals surface area contributed by atoms with Crippen molar-refractivity contribution in [3.05, 3.63) is 23.8 Å². The fourth-order valence-electron chi connectivity index (χ4n) is 1.28. The number of unbranched alkanes of at least 4 members (excludes halogenated alkanes) is 1. The maximum atomic E-state index is 10.8. The predicted octanol–water partition coefficient (Wildman–Crippen LogP) is 2.19. The van der Waals surface area contributed by atoms with Gasteiger partial charge in [-0.1, -0.05) is 0 Å². The third-order valence-corrected chi connectivity index (χ3v) is 2.13. The average molecular weight is 234 g/mol. The van der Waals surface area contributed by atoms with Crippen molar-refractivity contribution < 1.29 is 19.4 Å². The molecule has 0 radical (unpaired) electrons. The normalized spacial score (nSPS) is 9.41. The number of methoxy groups -OCH3 is 1. The Hall–Kier alpha value is -2.15. The molecule has 1 N–H and O–H groups in total. The van der Waals surface area contributed by atoms with Crippen LogP contribution in [0.1, 0.15) is 23.2 Å². The number of rotatable bonds is 6. The van der Waals surface area contributed by atoms with Gasteiger partial charge in [-0.3, -0.25) is 0 Å². The summed E-state index contributed by atoms with van der Waals surface area (Å²) in [6.07, 6.45) is 6.52. The first kappa shape index (κ1) is 12.9. The number of hydrogen-bond acceptors (Lipinski definition) is 3. The second kappa shape index (κ2) is 6.44. The third-order valence-electron chi connectivity index (χ3n) is 2.13. The Morgan fingerprint density at radius 2 is 2.24 bits per heavy atom. The van der Waals surface area contributed by atoms with Crippen LogP contribution in [0.5, 0.6) is 11.5 Å². The van der Waals surface area contributed by atoms with E-state index in [2.05, 4.69) is 5.92 Å². The molecule has 4 nitrogen and oxygen atoms in total. The first-order valence-corrected chi connectivity index (χ1v) is 5.16. The van der Waals surface area contributed by atoms with Crippen molar-refractivity contribution in [1.29, 1.82) is 0 Å². The molecule has 17 heavy (non-hydrogen) atoms. The molecule has 0 aromatic heterocycles. The van der Waals surface area contributed by atoms with Crippen molar-refractivity contribution in [2.75, 3.05) is 13.7 Å². The Morgan fingerprint density at radius 1 is 1.47 bits per heavy atom. The minimum absolute atomic E-state index is 0.165. The van der Waals surface area contributed by atoms with Gasteiger partial charge in [0.25, 0.3) is 0 Å². The summed E-state index contributed by atoms with van der Waals surface area (Å²) >= 11 is 0. The molecule has 0 aliphatic heterocycles. The molecule has 0 aliphatic carbocycles. The molecule has 0 amide bonds. The fraction of sp³-hybridized carbons (Fsp3) is 0.308. The van der Waals surface area contributed by atoms with Crippen LogP contribution < -0.4 is 9.47 Å². The summed E-state index contributed by atoms with van der Waals surface area (Å²) in [6.45, 7) is 0.479. The monoisotopic (exact) mass is 234 g/mol. The average Bonchev–Trinajstić information content (AvgIpc) is 2.34. The summed E-state index contributed by atoms with van der Waals surface area (Å²) in [6, 6.07) is 4.48. The molecule has 1 aromatic rings. The van der Waals surface area contributed by atoms with Gasteiger partial charge in [0.1, 0.15) is 0 Å². The van der Waals surface area contributed by atoms with Gasteiger partial charge in [0, 0.05) is 6.42 Å². The molecule has 0 bridgehead atoms. The number of ether oxygens (including phenoxy) is 2. The van der Waals surface area contributed by atoms with Crippen molar-refractivity contribution in [3.8, 4) is 23.8 Å². The summed E-state index contributed by atoms with van der Waals surface area (Å²) in [7, 11) is 1.47. The molecular formula is C13H14O4. The van der Waals surface area contributed by atoms with Crippen LogP contribution in [0, 0.1) is 12.3 Å². The number of hydrogen-bond donors (Lipinski definition) is 1. The van der Waals surface area contributed by atoms with E-state index in [1.165, 1.54) is 19.2 Å². The van der Waals surface area contributed by atoms with Crippen LogP contribution in [0.4, 0.5) is 0 Å². The smallest absolute Gasteiger partial charge is 0.335 e. The molecule has 0 aliphatic rings. The van der Waals surface area contributed by atoms with Crippen LogP contribution >= 0.6 is 0 Å². The Balaban J connectivity index is 2.72. The van der Waals surface area contributed by atoms with E-state index < -0.39 is 5.97 Å². The van der Waals surface area contributed by atoms with Crippen LogP contribution in [-0.4, -0.2) is 24.8 Å². The molecule has 0 unspecified atom stereocenters. The lowest BCUT2D eigenvalue weighted by atomic mass is 10.2. The minimum atomic E-state index is -0.998. The highest BCUT2D eigenvalue weighted by Crippen LogP contribution is 2.28. The summed E-state index contributed by atoms with van der Waals surface area (Å²) in [4.78, 5) is 10.8. The van der Waals surface area contributed by atoms with Crippen molar-refractivity contribution in [2.45, 2.75) is 12.8 Å². The molecule has 0 heterocycles. The van der Waals surface area contributed by atoms with E-state index >= 15 is 0 Å². The highest BCUT2D eigenvalue weighted by Gasteiger charge is 2.09. The van der Waals surface area contributed by atoms with Crippen LogP contribution in [-0.2, 0) is 0 Å². The standard InChI is InChI=1S/C13H14O4/c1-3-4-5-8-17-11-7-6-10(13(14)15)9-12(11)16-2/h1,6-7,9H,4-5,8H2,2H3,(H,14,15). The van der Waals surface area contributed by atoms with Crippen LogP contribution in [0.3, 0.4) is 0 Å². The van der Waals surface area contributed by atoms with Crippen molar-refractivity contribution in [2.24, 2.45) is 0 Å². The lowest BCUT2D eigenvalue weighted by molar-refractivity contribution is 0.0696. The maximum Gasteiger partial charge on any atom is 0.335 e. The molecule has 0 saturated heterocycles.